The van der Waals surface area contributed by atoms with Crippen molar-refractivity contribution < 1.29 is 23.9 Å². The molecule has 0 aliphatic rings. The Morgan fingerprint density at radius 2 is 1.12 bits per heavy atom. The van der Waals surface area contributed by atoms with Gasteiger partial charge in [-0.3, -0.25) is 4.57 Å². The summed E-state index contributed by atoms with van der Waals surface area (Å²) in [6.07, 6.45) is 0. The third-order valence-corrected chi connectivity index (χ3v) is 5.64. The van der Waals surface area contributed by atoms with Crippen LogP contribution in [-0.2, 0) is 14.5 Å². The van der Waals surface area contributed by atoms with E-state index in [1.54, 1.807) is 66.7 Å². The number of carbonyl (C=O) groups excluding carboxylic acids is 1. The molecule has 132 valence electrons. The molecule has 0 unspecified atom stereocenters. The summed E-state index contributed by atoms with van der Waals surface area (Å²) in [6, 6.07) is 24.2. The highest BCUT2D eigenvalue weighted by atomic mass is 31.2. The summed E-state index contributed by atoms with van der Waals surface area (Å²) in [5.74, 6) is -0.823. The molecular weight excluding hydrogens is 351 g/mol. The van der Waals surface area contributed by atoms with Crippen molar-refractivity contribution in [3.05, 3.63) is 102 Å². The van der Waals surface area contributed by atoms with Crippen LogP contribution in [0.25, 0.3) is 0 Å². The Hall–Kier alpha value is -2.72. The Bertz CT molecular complexity index is 881. The number of hydrogen-bond donors (Lipinski definition) is 2. The second kappa shape index (κ2) is 7.26. The van der Waals surface area contributed by atoms with E-state index in [-0.39, 0.29) is 16.9 Å². The first kappa shape index (κ1) is 18.1. The van der Waals surface area contributed by atoms with Crippen molar-refractivity contribution in [1.82, 2.24) is 0 Å². The Labute approximate surface area is 151 Å². The van der Waals surface area contributed by atoms with Gasteiger partial charge in [-0.25, -0.2) is 4.79 Å². The smallest absolute Gasteiger partial charge is 0.351 e. The van der Waals surface area contributed by atoms with Crippen LogP contribution >= 0.6 is 7.60 Å². The lowest BCUT2D eigenvalue weighted by atomic mass is 9.90. The highest BCUT2D eigenvalue weighted by Gasteiger charge is 2.58. The quantitative estimate of drug-likeness (QED) is 0.407. The molecule has 0 saturated carbocycles. The minimum absolute atomic E-state index is 0.167. The van der Waals surface area contributed by atoms with Crippen molar-refractivity contribution >= 4 is 13.6 Å². The van der Waals surface area contributed by atoms with Gasteiger partial charge in [0.1, 0.15) is 5.75 Å². The minimum atomic E-state index is -5.02. The fraction of sp³-hybridized carbons (Fsp3) is 0.0500. The molecule has 0 fully saturated rings. The highest BCUT2D eigenvalue weighted by molar-refractivity contribution is 7.54. The largest absolute Gasteiger partial charge is 0.425 e. The van der Waals surface area contributed by atoms with Crippen LogP contribution in [0.3, 0.4) is 0 Å². The van der Waals surface area contributed by atoms with Gasteiger partial charge >= 0.3 is 13.6 Å². The van der Waals surface area contributed by atoms with Crippen molar-refractivity contribution in [2.24, 2.45) is 0 Å². The van der Waals surface area contributed by atoms with Crippen LogP contribution in [0.5, 0.6) is 5.75 Å². The van der Waals surface area contributed by atoms with Gasteiger partial charge in [-0.1, -0.05) is 78.9 Å². The Kier molecular flexibility index (Phi) is 5.05. The maximum Gasteiger partial charge on any atom is 0.351 e. The molecule has 2 N–H and O–H groups in total. The van der Waals surface area contributed by atoms with Crippen molar-refractivity contribution in [2.45, 2.75) is 5.16 Å². The molecule has 0 aromatic heterocycles. The highest BCUT2D eigenvalue weighted by Crippen LogP contribution is 2.61. The molecule has 3 aromatic carbocycles. The fourth-order valence-corrected chi connectivity index (χ4v) is 4.14. The van der Waals surface area contributed by atoms with Crippen molar-refractivity contribution in [3.63, 3.8) is 0 Å². The van der Waals surface area contributed by atoms with E-state index in [9.17, 15) is 19.1 Å². The number of carbonyl (C=O) groups is 1. The minimum Gasteiger partial charge on any atom is -0.425 e. The van der Waals surface area contributed by atoms with E-state index in [2.05, 4.69) is 0 Å². The summed E-state index contributed by atoms with van der Waals surface area (Å²) < 4.78 is 18.1. The van der Waals surface area contributed by atoms with Gasteiger partial charge < -0.3 is 14.5 Å². The number of benzene rings is 3. The molecule has 3 rings (SSSR count). The lowest BCUT2D eigenvalue weighted by Gasteiger charge is -2.32. The van der Waals surface area contributed by atoms with Gasteiger partial charge in [0.25, 0.3) is 0 Å². The zero-order valence-corrected chi connectivity index (χ0v) is 14.6. The fourth-order valence-electron chi connectivity index (χ4n) is 2.89. The zero-order chi connectivity index (χ0) is 18.6. The van der Waals surface area contributed by atoms with Gasteiger partial charge in [0.05, 0.1) is 0 Å². The Balaban J connectivity index is 2.24. The molecule has 0 amide bonds. The Morgan fingerprint density at radius 3 is 1.50 bits per heavy atom. The van der Waals surface area contributed by atoms with Gasteiger partial charge in [0.15, 0.2) is 0 Å². The van der Waals surface area contributed by atoms with E-state index >= 15 is 0 Å². The predicted octanol–water partition coefficient (Wildman–Crippen LogP) is 3.71. The van der Waals surface area contributed by atoms with Gasteiger partial charge in [-0.2, -0.15) is 0 Å². The third-order valence-electron chi connectivity index (χ3n) is 4.07. The summed E-state index contributed by atoms with van der Waals surface area (Å²) >= 11 is 0. The number of para-hydroxylation sites is 1. The molecule has 0 aliphatic carbocycles. The summed E-state index contributed by atoms with van der Waals surface area (Å²) in [5.41, 5.74) is 0.334. The van der Waals surface area contributed by atoms with Crippen LogP contribution in [-0.4, -0.2) is 15.8 Å². The molecule has 0 spiro atoms. The van der Waals surface area contributed by atoms with Crippen LogP contribution in [0.15, 0.2) is 91.0 Å². The van der Waals surface area contributed by atoms with Gasteiger partial charge in [0, 0.05) is 0 Å². The van der Waals surface area contributed by atoms with Crippen LogP contribution in [0, 0.1) is 0 Å². The van der Waals surface area contributed by atoms with Crippen LogP contribution in [0.2, 0.25) is 0 Å². The monoisotopic (exact) mass is 368 g/mol. The molecule has 26 heavy (non-hydrogen) atoms. The number of hydrogen-bond acceptors (Lipinski definition) is 3. The maximum absolute atomic E-state index is 13.2. The first-order chi connectivity index (χ1) is 12.5. The average molecular weight is 368 g/mol. The van der Waals surface area contributed by atoms with Gasteiger partial charge in [-0.15, -0.1) is 0 Å². The molecular formula is C20H17O5P. The van der Waals surface area contributed by atoms with Crippen LogP contribution < -0.4 is 4.74 Å². The number of esters is 1. The lowest BCUT2D eigenvalue weighted by Crippen LogP contribution is -2.40. The first-order valence-corrected chi connectivity index (χ1v) is 9.51. The van der Waals surface area contributed by atoms with E-state index in [1.807, 2.05) is 0 Å². The number of ether oxygens (including phenoxy) is 1. The van der Waals surface area contributed by atoms with E-state index < -0.39 is 18.7 Å². The zero-order valence-electron chi connectivity index (χ0n) is 13.7. The van der Waals surface area contributed by atoms with E-state index in [1.165, 1.54) is 24.3 Å². The molecule has 0 aliphatic heterocycles. The summed E-state index contributed by atoms with van der Waals surface area (Å²) in [6.45, 7) is 0. The third kappa shape index (κ3) is 3.20. The van der Waals surface area contributed by atoms with Crippen molar-refractivity contribution in [3.8, 4) is 5.75 Å². The first-order valence-electron chi connectivity index (χ1n) is 7.90. The van der Waals surface area contributed by atoms with Gasteiger partial charge in [0.2, 0.25) is 5.16 Å². The Morgan fingerprint density at radius 1 is 0.731 bits per heavy atom. The van der Waals surface area contributed by atoms with Gasteiger partial charge in [-0.05, 0) is 23.3 Å². The second-order valence-electron chi connectivity index (χ2n) is 5.69. The summed E-state index contributed by atoms with van der Waals surface area (Å²) in [4.78, 5) is 33.8. The van der Waals surface area contributed by atoms with Crippen LogP contribution in [0.1, 0.15) is 11.1 Å². The standard InChI is InChI=1S/C20H17O5P/c21-19(25-18-14-8-3-9-15-18)20(26(22,23)24,16-10-4-1-5-11-16)17-12-6-2-7-13-17/h1-15H,(H2,22,23,24). The van der Waals surface area contributed by atoms with E-state index in [0.717, 1.165) is 0 Å². The molecule has 6 heteroatoms. The second-order valence-corrected chi connectivity index (χ2v) is 7.45. The average Bonchev–Trinajstić information content (AvgIpc) is 2.64. The van der Waals surface area contributed by atoms with E-state index in [0.29, 0.717) is 0 Å². The maximum atomic E-state index is 13.2. The molecule has 0 bridgehead atoms. The molecule has 0 saturated heterocycles. The lowest BCUT2D eigenvalue weighted by molar-refractivity contribution is -0.137. The van der Waals surface area contributed by atoms with Crippen molar-refractivity contribution in [1.29, 1.82) is 0 Å². The molecule has 0 atom stereocenters. The normalized spacial score (nSPS) is 11.8. The SMILES string of the molecule is O=C(Oc1ccccc1)C(c1ccccc1)(c1ccccc1)P(=O)(O)O. The molecule has 0 heterocycles. The summed E-state index contributed by atoms with van der Waals surface area (Å²) in [5, 5.41) is -2.26. The predicted molar refractivity (Wildman–Crippen MR) is 97.8 cm³/mol. The molecule has 0 radical (unpaired) electrons. The topological polar surface area (TPSA) is 83.8 Å². The summed E-state index contributed by atoms with van der Waals surface area (Å²) in [7, 11) is -5.02. The van der Waals surface area contributed by atoms with Crippen LogP contribution in [0.4, 0.5) is 0 Å². The van der Waals surface area contributed by atoms with E-state index in [4.69, 9.17) is 4.74 Å². The number of rotatable bonds is 5. The van der Waals surface area contributed by atoms with Crippen molar-refractivity contribution in [2.75, 3.05) is 0 Å². The molecule has 3 aromatic rings. The molecule has 5 nitrogen and oxygen atoms in total.